The number of fused-ring (bicyclic) bond motifs is 1. The fourth-order valence-electron chi connectivity index (χ4n) is 3.08. The number of aromatic amines is 1. The molecule has 1 heterocycles. The molecule has 0 aliphatic heterocycles. The minimum atomic E-state index is -0.475. The predicted molar refractivity (Wildman–Crippen MR) is 83.1 cm³/mol. The average Bonchev–Trinajstić information content (AvgIpc) is 3.26. The summed E-state index contributed by atoms with van der Waals surface area (Å²) >= 11 is 0. The molecule has 0 radical (unpaired) electrons. The van der Waals surface area contributed by atoms with Crippen molar-refractivity contribution in [3.05, 3.63) is 35.5 Å². The Hall–Kier alpha value is -1.81. The lowest BCUT2D eigenvalue weighted by Gasteiger charge is -2.28. The standard InChI is InChI=1S/C17H22N2O2/c1-11-14(13-5-3-4-6-15(13)18-11)9-16(21)19-17(2,10-20)12-7-8-12/h3-6,12,18,20H,7-10H2,1-2H3,(H,19,21). The number of nitrogens with one attached hydrogen (secondary N) is 2. The zero-order valence-electron chi connectivity index (χ0n) is 12.6. The first kappa shape index (κ1) is 14.1. The van der Waals surface area contributed by atoms with Gasteiger partial charge in [0.2, 0.25) is 5.91 Å². The molecule has 1 saturated carbocycles. The second kappa shape index (κ2) is 5.19. The van der Waals surface area contributed by atoms with Crippen molar-refractivity contribution in [2.75, 3.05) is 6.61 Å². The molecule has 1 amide bonds. The van der Waals surface area contributed by atoms with Crippen molar-refractivity contribution in [3.63, 3.8) is 0 Å². The molecule has 0 saturated heterocycles. The van der Waals surface area contributed by atoms with E-state index >= 15 is 0 Å². The Balaban J connectivity index is 1.79. The molecule has 1 aromatic heterocycles. The van der Waals surface area contributed by atoms with Crippen LogP contribution in [0.5, 0.6) is 0 Å². The number of H-pyrrole nitrogens is 1. The summed E-state index contributed by atoms with van der Waals surface area (Å²) in [5, 5.41) is 13.7. The molecule has 4 heteroatoms. The Morgan fingerprint density at radius 3 is 2.81 bits per heavy atom. The molecule has 2 aromatic rings. The first-order valence-electron chi connectivity index (χ1n) is 7.51. The van der Waals surface area contributed by atoms with Crippen LogP contribution in [-0.4, -0.2) is 28.1 Å². The number of aliphatic hydroxyl groups is 1. The summed E-state index contributed by atoms with van der Waals surface area (Å²) in [7, 11) is 0. The molecule has 1 unspecified atom stereocenters. The minimum absolute atomic E-state index is 0.00370. The van der Waals surface area contributed by atoms with E-state index in [1.807, 2.05) is 38.1 Å². The van der Waals surface area contributed by atoms with Crippen LogP contribution in [0.4, 0.5) is 0 Å². The molecule has 1 fully saturated rings. The highest BCUT2D eigenvalue weighted by Crippen LogP contribution is 2.39. The van der Waals surface area contributed by atoms with Crippen LogP contribution in [0.3, 0.4) is 0 Å². The molecule has 3 N–H and O–H groups in total. The topological polar surface area (TPSA) is 65.1 Å². The van der Waals surface area contributed by atoms with Gasteiger partial charge >= 0.3 is 0 Å². The molecule has 1 atom stereocenters. The Bertz CT molecular complexity index is 672. The Labute approximate surface area is 124 Å². The third-order valence-corrected chi connectivity index (χ3v) is 4.60. The number of rotatable bonds is 5. The van der Waals surface area contributed by atoms with E-state index in [1.54, 1.807) is 0 Å². The Morgan fingerprint density at radius 1 is 1.43 bits per heavy atom. The summed E-state index contributed by atoms with van der Waals surface area (Å²) in [5.41, 5.74) is 2.66. The summed E-state index contributed by atoms with van der Waals surface area (Å²) in [6.07, 6.45) is 2.52. The van der Waals surface area contributed by atoms with Gasteiger partial charge in [-0.1, -0.05) is 18.2 Å². The number of aliphatic hydroxyl groups excluding tert-OH is 1. The summed E-state index contributed by atoms with van der Waals surface area (Å²) in [5.74, 6) is 0.391. The van der Waals surface area contributed by atoms with Gasteiger partial charge in [0.1, 0.15) is 0 Å². The summed E-state index contributed by atoms with van der Waals surface area (Å²) in [6.45, 7) is 3.93. The monoisotopic (exact) mass is 286 g/mol. The molecule has 112 valence electrons. The van der Waals surface area contributed by atoms with Gasteiger partial charge in [-0.2, -0.15) is 0 Å². The number of carbonyl (C=O) groups is 1. The van der Waals surface area contributed by atoms with Crippen molar-refractivity contribution in [2.45, 2.75) is 38.6 Å². The van der Waals surface area contributed by atoms with Crippen LogP contribution in [0.1, 0.15) is 31.0 Å². The third-order valence-electron chi connectivity index (χ3n) is 4.60. The van der Waals surface area contributed by atoms with Crippen molar-refractivity contribution in [1.82, 2.24) is 10.3 Å². The van der Waals surface area contributed by atoms with Crippen molar-refractivity contribution < 1.29 is 9.90 Å². The largest absolute Gasteiger partial charge is 0.394 e. The number of hydrogen-bond acceptors (Lipinski definition) is 2. The fraction of sp³-hybridized carbons (Fsp3) is 0.471. The van der Waals surface area contributed by atoms with Gasteiger partial charge in [0.15, 0.2) is 0 Å². The highest BCUT2D eigenvalue weighted by atomic mass is 16.3. The maximum Gasteiger partial charge on any atom is 0.225 e. The van der Waals surface area contributed by atoms with Crippen LogP contribution in [-0.2, 0) is 11.2 Å². The molecule has 1 aromatic carbocycles. The summed E-state index contributed by atoms with van der Waals surface area (Å²) < 4.78 is 0. The van der Waals surface area contributed by atoms with Gasteiger partial charge in [0.25, 0.3) is 0 Å². The second-order valence-corrected chi connectivity index (χ2v) is 6.35. The quantitative estimate of drug-likeness (QED) is 0.789. The molecule has 0 bridgehead atoms. The Morgan fingerprint density at radius 2 is 2.14 bits per heavy atom. The van der Waals surface area contributed by atoms with Crippen molar-refractivity contribution in [3.8, 4) is 0 Å². The lowest BCUT2D eigenvalue weighted by Crippen LogP contribution is -2.51. The van der Waals surface area contributed by atoms with E-state index < -0.39 is 5.54 Å². The molecule has 1 aliphatic carbocycles. The van der Waals surface area contributed by atoms with Crippen LogP contribution >= 0.6 is 0 Å². The minimum Gasteiger partial charge on any atom is -0.394 e. The van der Waals surface area contributed by atoms with E-state index in [2.05, 4.69) is 10.3 Å². The molecule has 4 nitrogen and oxygen atoms in total. The Kier molecular flexibility index (Phi) is 3.49. The maximum absolute atomic E-state index is 12.4. The number of carbonyl (C=O) groups excluding carboxylic acids is 1. The molecule has 0 spiro atoms. The van der Waals surface area contributed by atoms with Crippen LogP contribution in [0.25, 0.3) is 10.9 Å². The number of aryl methyl sites for hydroxylation is 1. The first-order chi connectivity index (χ1) is 10.0. The number of para-hydroxylation sites is 1. The van der Waals surface area contributed by atoms with Crippen LogP contribution in [0.2, 0.25) is 0 Å². The number of hydrogen-bond donors (Lipinski definition) is 3. The van der Waals surface area contributed by atoms with E-state index in [9.17, 15) is 9.90 Å². The van der Waals surface area contributed by atoms with Crippen molar-refractivity contribution in [2.24, 2.45) is 5.92 Å². The van der Waals surface area contributed by atoms with E-state index in [0.717, 1.165) is 35.0 Å². The number of amides is 1. The lowest BCUT2D eigenvalue weighted by molar-refractivity contribution is -0.123. The molecule has 21 heavy (non-hydrogen) atoms. The van der Waals surface area contributed by atoms with Gasteiger partial charge in [0.05, 0.1) is 18.6 Å². The SMILES string of the molecule is Cc1[nH]c2ccccc2c1CC(=O)NC(C)(CO)C1CC1. The van der Waals surface area contributed by atoms with E-state index in [1.165, 1.54) is 0 Å². The first-order valence-corrected chi connectivity index (χ1v) is 7.51. The van der Waals surface area contributed by atoms with Crippen LogP contribution in [0.15, 0.2) is 24.3 Å². The molecule has 3 rings (SSSR count). The van der Waals surface area contributed by atoms with Gasteiger partial charge in [-0.25, -0.2) is 0 Å². The zero-order chi connectivity index (χ0) is 15.0. The van der Waals surface area contributed by atoms with Crippen LogP contribution < -0.4 is 5.32 Å². The van der Waals surface area contributed by atoms with Crippen molar-refractivity contribution in [1.29, 1.82) is 0 Å². The third kappa shape index (κ3) is 2.68. The highest BCUT2D eigenvalue weighted by molar-refractivity contribution is 5.90. The summed E-state index contributed by atoms with van der Waals surface area (Å²) in [4.78, 5) is 15.7. The van der Waals surface area contributed by atoms with Gasteiger partial charge in [-0.15, -0.1) is 0 Å². The summed E-state index contributed by atoms with van der Waals surface area (Å²) in [6, 6.07) is 8.02. The van der Waals surface area contributed by atoms with Gasteiger partial charge < -0.3 is 15.4 Å². The number of aromatic nitrogens is 1. The fourth-order valence-corrected chi connectivity index (χ4v) is 3.08. The van der Waals surface area contributed by atoms with Crippen molar-refractivity contribution >= 4 is 16.8 Å². The van der Waals surface area contributed by atoms with E-state index in [-0.39, 0.29) is 12.5 Å². The zero-order valence-corrected chi connectivity index (χ0v) is 12.6. The van der Waals surface area contributed by atoms with Gasteiger partial charge in [-0.3, -0.25) is 4.79 Å². The highest BCUT2D eigenvalue weighted by Gasteiger charge is 2.42. The van der Waals surface area contributed by atoms with E-state index in [4.69, 9.17) is 0 Å². The van der Waals surface area contributed by atoms with E-state index in [0.29, 0.717) is 12.3 Å². The lowest BCUT2D eigenvalue weighted by atomic mass is 9.96. The predicted octanol–water partition coefficient (Wildman–Crippen LogP) is 2.30. The van der Waals surface area contributed by atoms with Crippen LogP contribution in [0, 0.1) is 12.8 Å². The smallest absolute Gasteiger partial charge is 0.225 e. The molecular weight excluding hydrogens is 264 g/mol. The van der Waals surface area contributed by atoms with Gasteiger partial charge in [-0.05, 0) is 44.2 Å². The second-order valence-electron chi connectivity index (χ2n) is 6.35. The number of benzene rings is 1. The van der Waals surface area contributed by atoms with Gasteiger partial charge in [0, 0.05) is 16.6 Å². The molecular formula is C17H22N2O2. The molecule has 1 aliphatic rings. The average molecular weight is 286 g/mol. The maximum atomic E-state index is 12.4. The normalized spacial score (nSPS) is 17.7.